The van der Waals surface area contributed by atoms with Gasteiger partial charge in [-0.15, -0.1) is 0 Å². The minimum atomic E-state index is -1.52. The highest BCUT2D eigenvalue weighted by molar-refractivity contribution is 5.87. The molecule has 10 heteroatoms. The van der Waals surface area contributed by atoms with Crippen LogP contribution in [0.3, 0.4) is 0 Å². The van der Waals surface area contributed by atoms with Crippen molar-refractivity contribution in [3.05, 3.63) is 38.4 Å². The second-order valence-electron chi connectivity index (χ2n) is 6.72. The molecule has 1 aromatic rings. The Balaban J connectivity index is 1.78. The molecule has 0 spiro atoms. The number of nitro benzene ring substituents is 2. The molecule has 5 unspecified atom stereocenters. The van der Waals surface area contributed by atoms with Crippen LogP contribution in [0.4, 0.5) is 21.9 Å². The van der Waals surface area contributed by atoms with Crippen LogP contribution in [0.15, 0.2) is 18.2 Å². The molecule has 2 bridgehead atoms. The Morgan fingerprint density at radius 2 is 1.76 bits per heavy atom. The zero-order valence-corrected chi connectivity index (χ0v) is 12.9. The van der Waals surface area contributed by atoms with Gasteiger partial charge in [0.2, 0.25) is 0 Å². The lowest BCUT2D eigenvalue weighted by Gasteiger charge is -2.39. The van der Waals surface area contributed by atoms with Crippen molar-refractivity contribution >= 4 is 23.2 Å². The quantitative estimate of drug-likeness (QED) is 0.452. The number of hydrogen-bond acceptors (Lipinski definition) is 7. The Kier molecular flexibility index (Phi) is 3.39. The van der Waals surface area contributed by atoms with E-state index < -0.39 is 33.4 Å². The molecule has 0 radical (unpaired) electrons. The monoisotopic (exact) mass is 348 g/mol. The van der Waals surface area contributed by atoms with E-state index >= 15 is 0 Å². The van der Waals surface area contributed by atoms with E-state index in [0.717, 1.165) is 42.4 Å². The molecule has 5 atom stereocenters. The largest absolute Gasteiger partial charge is 0.530 e. The summed E-state index contributed by atoms with van der Waals surface area (Å²) in [4.78, 5) is 33.4. The van der Waals surface area contributed by atoms with Crippen molar-refractivity contribution in [1.29, 1.82) is 0 Å². The van der Waals surface area contributed by atoms with E-state index in [-0.39, 0.29) is 29.7 Å². The van der Waals surface area contributed by atoms with Gasteiger partial charge in [0.1, 0.15) is 6.09 Å². The summed E-state index contributed by atoms with van der Waals surface area (Å²) in [5.41, 5.74) is -1.15. The predicted molar refractivity (Wildman–Crippen MR) is 80.9 cm³/mol. The number of nitrogens with zero attached hydrogens (tertiary/aromatic N) is 3. The first kappa shape index (κ1) is 15.8. The fraction of sp³-hybridized carbons (Fsp3) is 0.533. The minimum Gasteiger partial charge on any atom is -0.530 e. The second kappa shape index (κ2) is 5.38. The van der Waals surface area contributed by atoms with Crippen LogP contribution >= 0.6 is 0 Å². The van der Waals surface area contributed by atoms with Crippen molar-refractivity contribution in [3.8, 4) is 0 Å². The van der Waals surface area contributed by atoms with E-state index in [0.29, 0.717) is 0 Å². The van der Waals surface area contributed by atoms with Crippen molar-refractivity contribution < 1.29 is 24.5 Å². The molecular weight excluding hydrogens is 334 g/mol. The SMILES string of the molecule is O=C([O-])N(c1cc([N+](=O)[O-])cc([N+](=O)[O-])c1)C1C2CCC1C1OC1C2. The van der Waals surface area contributed by atoms with Gasteiger partial charge in [-0.05, 0) is 25.2 Å². The van der Waals surface area contributed by atoms with Gasteiger partial charge in [0.25, 0.3) is 11.4 Å². The van der Waals surface area contributed by atoms with E-state index in [1.165, 1.54) is 0 Å². The molecule has 1 aromatic carbocycles. The highest BCUT2D eigenvalue weighted by Crippen LogP contribution is 2.54. The Hall–Kier alpha value is -2.75. The Morgan fingerprint density at radius 1 is 1.12 bits per heavy atom. The van der Waals surface area contributed by atoms with Gasteiger partial charge in [-0.25, -0.2) is 0 Å². The summed E-state index contributed by atoms with van der Waals surface area (Å²) >= 11 is 0. The number of fused-ring (bicyclic) bond motifs is 4. The first-order valence-electron chi connectivity index (χ1n) is 7.96. The molecule has 1 heterocycles. The number of nitro groups is 2. The van der Waals surface area contributed by atoms with Crippen LogP contribution in [0, 0.1) is 32.1 Å². The molecular formula is C15H14N3O7-. The van der Waals surface area contributed by atoms with Gasteiger partial charge in [0.15, 0.2) is 0 Å². The molecule has 1 aliphatic heterocycles. The standard InChI is InChI=1S/C15H15N3O7/c19-15(20)16(13-7-1-2-11(13)14-12(3-7)25-14)8-4-9(17(21)22)6-10(5-8)18(23)24/h4-7,11-14H,1-3H2,(H,19,20)/p-1. The summed E-state index contributed by atoms with van der Waals surface area (Å²) in [6.07, 6.45) is 1.02. The van der Waals surface area contributed by atoms with Gasteiger partial charge in [0.05, 0.1) is 33.8 Å². The van der Waals surface area contributed by atoms with Crippen molar-refractivity contribution in [2.75, 3.05) is 4.90 Å². The third-order valence-electron chi connectivity index (χ3n) is 5.45. The zero-order chi connectivity index (χ0) is 17.9. The van der Waals surface area contributed by atoms with Gasteiger partial charge in [-0.1, -0.05) is 0 Å². The van der Waals surface area contributed by atoms with Gasteiger partial charge >= 0.3 is 0 Å². The number of carbonyl (C=O) groups is 1. The molecule has 0 N–H and O–H groups in total. The van der Waals surface area contributed by atoms with E-state index in [1.54, 1.807) is 0 Å². The topological polar surface area (TPSA) is 142 Å². The average Bonchev–Trinajstić information content (AvgIpc) is 3.24. The van der Waals surface area contributed by atoms with Crippen LogP contribution in [0.1, 0.15) is 19.3 Å². The van der Waals surface area contributed by atoms with Crippen LogP contribution in [0.5, 0.6) is 0 Å². The van der Waals surface area contributed by atoms with E-state index in [4.69, 9.17) is 4.74 Å². The number of hydrogen-bond donors (Lipinski definition) is 0. The highest BCUT2D eigenvalue weighted by atomic mass is 16.6. The molecule has 25 heavy (non-hydrogen) atoms. The second-order valence-corrected chi connectivity index (χ2v) is 6.72. The minimum absolute atomic E-state index is 0.000663. The van der Waals surface area contributed by atoms with Crippen molar-refractivity contribution in [2.45, 2.75) is 37.5 Å². The van der Waals surface area contributed by atoms with Crippen molar-refractivity contribution in [2.24, 2.45) is 11.8 Å². The summed E-state index contributed by atoms with van der Waals surface area (Å²) in [5, 5.41) is 34.0. The van der Waals surface area contributed by atoms with Crippen LogP contribution in [-0.2, 0) is 4.74 Å². The number of carboxylic acid groups (broad SMARTS) is 1. The van der Waals surface area contributed by atoms with Crippen LogP contribution in [0.25, 0.3) is 0 Å². The predicted octanol–water partition coefficient (Wildman–Crippen LogP) is 1.22. The van der Waals surface area contributed by atoms with E-state index in [2.05, 4.69) is 0 Å². The lowest BCUT2D eigenvalue weighted by molar-refractivity contribution is -0.394. The lowest BCUT2D eigenvalue weighted by Crippen LogP contribution is -2.54. The number of epoxide rings is 1. The van der Waals surface area contributed by atoms with Gasteiger partial charge < -0.3 is 19.5 Å². The van der Waals surface area contributed by atoms with Gasteiger partial charge in [0, 0.05) is 24.1 Å². The molecule has 1 amide bonds. The average molecular weight is 348 g/mol. The lowest BCUT2D eigenvalue weighted by atomic mass is 9.83. The first-order chi connectivity index (χ1) is 11.9. The van der Waals surface area contributed by atoms with Gasteiger partial charge in [-0.3, -0.25) is 20.2 Å². The maximum Gasteiger partial charge on any atom is 0.278 e. The number of rotatable bonds is 4. The van der Waals surface area contributed by atoms with Crippen molar-refractivity contribution in [1.82, 2.24) is 0 Å². The molecule has 1 saturated heterocycles. The molecule has 4 rings (SSSR count). The maximum atomic E-state index is 11.8. The zero-order valence-electron chi connectivity index (χ0n) is 12.9. The number of non-ortho nitro benzene ring substituents is 2. The fourth-order valence-corrected chi connectivity index (χ4v) is 4.47. The number of ether oxygens (including phenoxy) is 1. The Bertz CT molecular complexity index is 750. The smallest absolute Gasteiger partial charge is 0.278 e. The number of amides is 1. The maximum absolute atomic E-state index is 11.8. The van der Waals surface area contributed by atoms with Crippen molar-refractivity contribution in [3.63, 3.8) is 0 Å². The fourth-order valence-electron chi connectivity index (χ4n) is 4.47. The number of carbonyl (C=O) groups excluding carboxylic acids is 1. The van der Waals surface area contributed by atoms with Crippen LogP contribution < -0.4 is 10.0 Å². The number of anilines is 1. The molecule has 2 aliphatic carbocycles. The van der Waals surface area contributed by atoms with Crippen LogP contribution in [-0.4, -0.2) is 34.2 Å². The summed E-state index contributed by atoms with van der Waals surface area (Å²) in [6.45, 7) is 0. The highest BCUT2D eigenvalue weighted by Gasteiger charge is 2.59. The van der Waals surface area contributed by atoms with E-state index in [9.17, 15) is 30.1 Å². The first-order valence-corrected chi connectivity index (χ1v) is 7.96. The summed E-state index contributed by atoms with van der Waals surface area (Å²) in [6, 6.07) is 2.46. The Labute approximate surface area is 141 Å². The molecule has 10 nitrogen and oxygen atoms in total. The number of benzene rings is 1. The summed E-state index contributed by atoms with van der Waals surface area (Å²) in [7, 11) is 0. The molecule has 0 aromatic heterocycles. The third kappa shape index (κ3) is 2.49. The summed E-state index contributed by atoms with van der Waals surface area (Å²) in [5.74, 6) is 0.0462. The van der Waals surface area contributed by atoms with Crippen LogP contribution in [0.2, 0.25) is 0 Å². The molecule has 3 aliphatic rings. The normalized spacial score (nSPS) is 31.9. The molecule has 3 fully saturated rings. The third-order valence-corrected chi connectivity index (χ3v) is 5.45. The summed E-state index contributed by atoms with van der Waals surface area (Å²) < 4.78 is 5.58. The van der Waals surface area contributed by atoms with Gasteiger partial charge in [-0.2, -0.15) is 0 Å². The Morgan fingerprint density at radius 3 is 2.32 bits per heavy atom. The van der Waals surface area contributed by atoms with E-state index in [1.807, 2.05) is 0 Å². The molecule has 132 valence electrons. The molecule has 2 saturated carbocycles.